The molecule has 1 N–H and O–H groups in total. The Morgan fingerprint density at radius 3 is 2.85 bits per heavy atom. The van der Waals surface area contributed by atoms with Gasteiger partial charge in [0.25, 0.3) is 0 Å². The van der Waals surface area contributed by atoms with Crippen LogP contribution in [0.2, 0.25) is 0 Å². The highest BCUT2D eigenvalue weighted by Crippen LogP contribution is 2.09. The number of rotatable bonds is 6. The van der Waals surface area contributed by atoms with E-state index in [1.54, 1.807) is 35.0 Å². The van der Waals surface area contributed by atoms with Gasteiger partial charge in [-0.15, -0.1) is 5.10 Å². The van der Waals surface area contributed by atoms with Crippen molar-refractivity contribution in [3.05, 3.63) is 47.5 Å². The third-order valence-electron chi connectivity index (χ3n) is 2.69. The van der Waals surface area contributed by atoms with E-state index in [2.05, 4.69) is 10.3 Å². The van der Waals surface area contributed by atoms with Crippen LogP contribution in [0.3, 0.4) is 0 Å². The summed E-state index contributed by atoms with van der Waals surface area (Å²) in [5.74, 6) is -1.28. The Kier molecular flexibility index (Phi) is 4.41. The van der Waals surface area contributed by atoms with Crippen molar-refractivity contribution < 1.29 is 14.3 Å². The lowest BCUT2D eigenvalue weighted by atomic mass is 10.2. The van der Waals surface area contributed by atoms with E-state index >= 15 is 0 Å². The zero-order valence-electron chi connectivity index (χ0n) is 11.0. The summed E-state index contributed by atoms with van der Waals surface area (Å²) in [5, 5.41) is 16.7. The monoisotopic (exact) mass is 278 g/mol. The van der Waals surface area contributed by atoms with Crippen LogP contribution in [0.4, 0.5) is 4.39 Å². The normalized spacial score (nSPS) is 10.9. The van der Waals surface area contributed by atoms with E-state index in [4.69, 9.17) is 5.11 Å². The van der Waals surface area contributed by atoms with Crippen LogP contribution in [0.1, 0.15) is 11.3 Å². The van der Waals surface area contributed by atoms with Gasteiger partial charge in [0.05, 0.1) is 12.2 Å². The van der Waals surface area contributed by atoms with Gasteiger partial charge in [-0.2, -0.15) is 0 Å². The Labute approximate surface area is 115 Å². The number of carbonyl (C=O) groups is 1. The third kappa shape index (κ3) is 4.13. The highest BCUT2D eigenvalue weighted by Gasteiger charge is 2.13. The van der Waals surface area contributed by atoms with E-state index in [1.807, 2.05) is 0 Å². The summed E-state index contributed by atoms with van der Waals surface area (Å²) in [6.07, 6.45) is 1.72. The summed E-state index contributed by atoms with van der Waals surface area (Å²) in [4.78, 5) is 12.6. The van der Waals surface area contributed by atoms with Crippen molar-refractivity contribution in [2.24, 2.45) is 7.05 Å². The molecule has 7 heteroatoms. The van der Waals surface area contributed by atoms with Gasteiger partial charge in [-0.3, -0.25) is 14.4 Å². The fourth-order valence-electron chi connectivity index (χ4n) is 1.95. The van der Waals surface area contributed by atoms with Gasteiger partial charge in [0.1, 0.15) is 5.82 Å². The first-order valence-electron chi connectivity index (χ1n) is 6.07. The Morgan fingerprint density at radius 1 is 1.45 bits per heavy atom. The Hall–Kier alpha value is -2.28. The fraction of sp³-hybridized carbons (Fsp3) is 0.308. The average molecular weight is 278 g/mol. The van der Waals surface area contributed by atoms with Crippen molar-refractivity contribution in [2.75, 3.05) is 6.54 Å². The van der Waals surface area contributed by atoms with E-state index in [9.17, 15) is 9.18 Å². The molecule has 1 aromatic carbocycles. The van der Waals surface area contributed by atoms with Gasteiger partial charge in [0.15, 0.2) is 0 Å². The standard InChI is InChI=1S/C13H15FN4O2/c1-17-7-12(15-16-17)8-18(9-13(19)20)6-10-3-2-4-11(14)5-10/h2-5,7H,6,8-9H2,1H3,(H,19,20). The summed E-state index contributed by atoms with van der Waals surface area (Å²) in [6, 6.07) is 6.11. The molecule has 0 aliphatic carbocycles. The number of hydrogen-bond acceptors (Lipinski definition) is 4. The van der Waals surface area contributed by atoms with Gasteiger partial charge in [-0.25, -0.2) is 4.39 Å². The summed E-state index contributed by atoms with van der Waals surface area (Å²) in [5.41, 5.74) is 1.39. The molecule has 0 aliphatic heterocycles. The molecule has 106 valence electrons. The molecular weight excluding hydrogens is 263 g/mol. The number of nitrogens with zero attached hydrogens (tertiary/aromatic N) is 4. The SMILES string of the molecule is Cn1cc(CN(CC(=O)O)Cc2cccc(F)c2)nn1. The van der Waals surface area contributed by atoms with E-state index in [0.717, 1.165) is 5.56 Å². The van der Waals surface area contributed by atoms with Crippen molar-refractivity contribution in [1.29, 1.82) is 0 Å². The number of carboxylic acid groups (broad SMARTS) is 1. The Bertz CT molecular complexity index is 600. The summed E-state index contributed by atoms with van der Waals surface area (Å²) >= 11 is 0. The van der Waals surface area contributed by atoms with Crippen molar-refractivity contribution in [3.8, 4) is 0 Å². The van der Waals surface area contributed by atoms with Crippen LogP contribution in [0.15, 0.2) is 30.5 Å². The molecule has 20 heavy (non-hydrogen) atoms. The van der Waals surface area contributed by atoms with Crippen molar-refractivity contribution in [3.63, 3.8) is 0 Å². The quantitative estimate of drug-likeness (QED) is 0.855. The highest BCUT2D eigenvalue weighted by atomic mass is 19.1. The minimum absolute atomic E-state index is 0.146. The number of hydrogen-bond donors (Lipinski definition) is 1. The number of benzene rings is 1. The molecule has 0 bridgehead atoms. The maximum atomic E-state index is 13.1. The van der Waals surface area contributed by atoms with Gasteiger partial charge < -0.3 is 5.11 Å². The van der Waals surface area contributed by atoms with E-state index in [0.29, 0.717) is 18.8 Å². The van der Waals surface area contributed by atoms with Crippen LogP contribution in [-0.4, -0.2) is 37.5 Å². The number of halogens is 1. The summed E-state index contributed by atoms with van der Waals surface area (Å²) in [7, 11) is 1.74. The molecule has 2 rings (SSSR count). The predicted octanol–water partition coefficient (Wildman–Crippen LogP) is 1.04. The van der Waals surface area contributed by atoms with Crippen LogP contribution >= 0.6 is 0 Å². The van der Waals surface area contributed by atoms with Crippen LogP contribution < -0.4 is 0 Å². The maximum absolute atomic E-state index is 13.1. The molecule has 6 nitrogen and oxygen atoms in total. The minimum Gasteiger partial charge on any atom is -0.480 e. The third-order valence-corrected chi connectivity index (χ3v) is 2.69. The minimum atomic E-state index is -0.940. The first kappa shape index (κ1) is 14.1. The van der Waals surface area contributed by atoms with Crippen LogP contribution in [0.5, 0.6) is 0 Å². The topological polar surface area (TPSA) is 71.2 Å². The van der Waals surface area contributed by atoms with Crippen LogP contribution in [0.25, 0.3) is 0 Å². The van der Waals surface area contributed by atoms with Crippen molar-refractivity contribution in [2.45, 2.75) is 13.1 Å². The van der Waals surface area contributed by atoms with E-state index in [1.165, 1.54) is 12.1 Å². The highest BCUT2D eigenvalue weighted by molar-refractivity contribution is 5.69. The molecule has 0 atom stereocenters. The number of aliphatic carboxylic acids is 1. The molecule has 0 amide bonds. The van der Waals surface area contributed by atoms with E-state index < -0.39 is 5.97 Å². The van der Waals surface area contributed by atoms with Gasteiger partial charge >= 0.3 is 5.97 Å². The molecule has 0 saturated heterocycles. The molecule has 1 heterocycles. The van der Waals surface area contributed by atoms with Crippen LogP contribution in [-0.2, 0) is 24.9 Å². The summed E-state index contributed by atoms with van der Waals surface area (Å²) < 4.78 is 14.7. The molecular formula is C13H15FN4O2. The second-order valence-corrected chi connectivity index (χ2v) is 4.55. The molecule has 0 saturated carbocycles. The molecule has 2 aromatic rings. The molecule has 0 aliphatic rings. The number of aromatic nitrogens is 3. The smallest absolute Gasteiger partial charge is 0.317 e. The van der Waals surface area contributed by atoms with Gasteiger partial charge in [0, 0.05) is 26.3 Å². The molecule has 0 unspecified atom stereocenters. The van der Waals surface area contributed by atoms with Gasteiger partial charge in [-0.1, -0.05) is 17.3 Å². The first-order valence-corrected chi connectivity index (χ1v) is 6.07. The van der Waals surface area contributed by atoms with Gasteiger partial charge in [0.2, 0.25) is 0 Å². The predicted molar refractivity (Wildman–Crippen MR) is 69.2 cm³/mol. The van der Waals surface area contributed by atoms with Crippen molar-refractivity contribution in [1.82, 2.24) is 19.9 Å². The Balaban J connectivity index is 2.09. The molecule has 0 fully saturated rings. The lowest BCUT2D eigenvalue weighted by Crippen LogP contribution is -2.29. The summed E-state index contributed by atoms with van der Waals surface area (Å²) in [6.45, 7) is 0.532. The van der Waals surface area contributed by atoms with Crippen molar-refractivity contribution >= 4 is 5.97 Å². The largest absolute Gasteiger partial charge is 0.480 e. The number of aryl methyl sites for hydroxylation is 1. The van der Waals surface area contributed by atoms with Gasteiger partial charge in [-0.05, 0) is 17.7 Å². The zero-order chi connectivity index (χ0) is 14.5. The second-order valence-electron chi connectivity index (χ2n) is 4.55. The zero-order valence-corrected chi connectivity index (χ0v) is 11.0. The maximum Gasteiger partial charge on any atom is 0.317 e. The van der Waals surface area contributed by atoms with Crippen LogP contribution in [0, 0.1) is 5.82 Å². The lowest BCUT2D eigenvalue weighted by molar-refractivity contribution is -0.138. The molecule has 1 aromatic heterocycles. The lowest BCUT2D eigenvalue weighted by Gasteiger charge is -2.18. The first-order chi connectivity index (χ1) is 9.52. The second kappa shape index (κ2) is 6.25. The molecule has 0 radical (unpaired) electrons. The fourth-order valence-corrected chi connectivity index (χ4v) is 1.95. The van der Waals surface area contributed by atoms with E-state index in [-0.39, 0.29) is 12.4 Å². The number of carboxylic acids is 1. The Morgan fingerprint density at radius 2 is 2.25 bits per heavy atom. The average Bonchev–Trinajstić information content (AvgIpc) is 2.73. The molecule has 0 spiro atoms.